The number of hydrogen-bond acceptors (Lipinski definition) is 3. The van der Waals surface area contributed by atoms with Crippen LogP contribution in [0, 0.1) is 5.92 Å². The molecule has 1 aliphatic heterocycles. The first-order chi connectivity index (χ1) is 10.9. The molecule has 1 atom stereocenters. The minimum absolute atomic E-state index is 0.240. The summed E-state index contributed by atoms with van der Waals surface area (Å²) >= 11 is 0. The summed E-state index contributed by atoms with van der Waals surface area (Å²) in [5.74, 6) is 0.485. The summed E-state index contributed by atoms with van der Waals surface area (Å²) in [6, 6.07) is 5.72. The van der Waals surface area contributed by atoms with Crippen LogP contribution in [-0.2, 0) is 12.7 Å². The van der Waals surface area contributed by atoms with Crippen LogP contribution in [0.2, 0.25) is 0 Å². The molecule has 1 heterocycles. The third-order valence-corrected chi connectivity index (χ3v) is 4.30. The summed E-state index contributed by atoms with van der Waals surface area (Å²) in [7, 11) is 0. The van der Waals surface area contributed by atoms with Gasteiger partial charge in [-0.1, -0.05) is 18.2 Å². The van der Waals surface area contributed by atoms with Crippen LogP contribution in [0.1, 0.15) is 30.9 Å². The van der Waals surface area contributed by atoms with Gasteiger partial charge in [-0.2, -0.15) is 13.2 Å². The number of likely N-dealkylation sites (tertiary alicyclic amines) is 1. The number of rotatable bonds is 6. The zero-order valence-electron chi connectivity index (χ0n) is 13.4. The Labute approximate surface area is 135 Å². The maximum Gasteiger partial charge on any atom is 0.416 e. The molecule has 0 radical (unpaired) electrons. The highest BCUT2D eigenvalue weighted by molar-refractivity contribution is 5.29. The molecule has 3 nitrogen and oxygen atoms in total. The van der Waals surface area contributed by atoms with Gasteiger partial charge in [0.05, 0.1) is 11.7 Å². The highest BCUT2D eigenvalue weighted by atomic mass is 19.4. The fourth-order valence-electron chi connectivity index (χ4n) is 3.11. The molecule has 0 bridgehead atoms. The van der Waals surface area contributed by atoms with Crippen molar-refractivity contribution in [1.82, 2.24) is 10.2 Å². The summed E-state index contributed by atoms with van der Waals surface area (Å²) in [5, 5.41) is 12.6. The molecule has 2 N–H and O–H groups in total. The molecule has 2 rings (SSSR count). The Morgan fingerprint density at radius 2 is 1.91 bits per heavy atom. The molecule has 0 unspecified atom stereocenters. The van der Waals surface area contributed by atoms with Crippen molar-refractivity contribution in [1.29, 1.82) is 0 Å². The summed E-state index contributed by atoms with van der Waals surface area (Å²) in [6.07, 6.45) is -2.59. The van der Waals surface area contributed by atoms with Gasteiger partial charge in [-0.15, -0.1) is 0 Å². The third kappa shape index (κ3) is 5.79. The van der Waals surface area contributed by atoms with Gasteiger partial charge < -0.3 is 15.3 Å². The molecular weight excluding hydrogens is 305 g/mol. The van der Waals surface area contributed by atoms with Crippen LogP contribution in [0.5, 0.6) is 0 Å². The number of alkyl halides is 3. The maximum atomic E-state index is 12.9. The van der Waals surface area contributed by atoms with E-state index in [1.165, 1.54) is 12.1 Å². The van der Waals surface area contributed by atoms with E-state index >= 15 is 0 Å². The van der Waals surface area contributed by atoms with E-state index in [0.717, 1.165) is 38.5 Å². The predicted molar refractivity (Wildman–Crippen MR) is 84.0 cm³/mol. The van der Waals surface area contributed by atoms with E-state index in [9.17, 15) is 18.3 Å². The number of hydrogen-bond donors (Lipinski definition) is 2. The average molecular weight is 330 g/mol. The lowest BCUT2D eigenvalue weighted by atomic mass is 9.96. The molecule has 0 saturated carbocycles. The van der Waals surface area contributed by atoms with Gasteiger partial charge in [-0.05, 0) is 56.9 Å². The van der Waals surface area contributed by atoms with Crippen LogP contribution in [-0.4, -0.2) is 42.3 Å². The number of benzene rings is 1. The molecule has 1 aromatic carbocycles. The molecule has 0 aromatic heterocycles. The lowest BCUT2D eigenvalue weighted by molar-refractivity contribution is -0.138. The predicted octanol–water partition coefficient (Wildman–Crippen LogP) is 2.89. The third-order valence-electron chi connectivity index (χ3n) is 4.30. The normalized spacial score (nSPS) is 19.0. The van der Waals surface area contributed by atoms with Gasteiger partial charge in [0.2, 0.25) is 0 Å². The first-order valence-corrected chi connectivity index (χ1v) is 8.12. The molecule has 1 fully saturated rings. The van der Waals surface area contributed by atoms with Gasteiger partial charge in [0, 0.05) is 13.1 Å². The van der Waals surface area contributed by atoms with Crippen molar-refractivity contribution in [2.75, 3.05) is 26.2 Å². The number of nitrogens with one attached hydrogen (secondary N) is 1. The summed E-state index contributed by atoms with van der Waals surface area (Å²) in [6.45, 7) is 5.33. The number of halogens is 3. The number of piperidine rings is 1. The maximum absolute atomic E-state index is 12.9. The van der Waals surface area contributed by atoms with Gasteiger partial charge >= 0.3 is 6.18 Å². The van der Waals surface area contributed by atoms with Gasteiger partial charge in [0.25, 0.3) is 0 Å². The van der Waals surface area contributed by atoms with Gasteiger partial charge in [-0.3, -0.25) is 0 Å². The van der Waals surface area contributed by atoms with Crippen LogP contribution in [0.3, 0.4) is 0 Å². The van der Waals surface area contributed by atoms with Crippen molar-refractivity contribution in [3.63, 3.8) is 0 Å². The second-order valence-corrected chi connectivity index (χ2v) is 6.38. The summed E-state index contributed by atoms with van der Waals surface area (Å²) in [4.78, 5) is 2.24. The van der Waals surface area contributed by atoms with E-state index in [-0.39, 0.29) is 12.6 Å². The first kappa shape index (κ1) is 18.2. The van der Waals surface area contributed by atoms with Crippen LogP contribution < -0.4 is 5.32 Å². The molecule has 6 heteroatoms. The van der Waals surface area contributed by atoms with E-state index < -0.39 is 11.7 Å². The highest BCUT2D eigenvalue weighted by Crippen LogP contribution is 2.31. The molecule has 130 valence electrons. The minimum Gasteiger partial charge on any atom is -0.392 e. The molecule has 23 heavy (non-hydrogen) atoms. The quantitative estimate of drug-likeness (QED) is 0.842. The Balaban J connectivity index is 1.77. The SMILES string of the molecule is C[C@H](O)CN1CCC(CNCc2ccccc2C(F)(F)F)CC1. The van der Waals surface area contributed by atoms with Crippen molar-refractivity contribution in [3.8, 4) is 0 Å². The molecular formula is C17H25F3N2O. The zero-order valence-corrected chi connectivity index (χ0v) is 13.4. The zero-order chi connectivity index (χ0) is 16.9. The molecule has 1 aromatic rings. The monoisotopic (exact) mass is 330 g/mol. The second-order valence-electron chi connectivity index (χ2n) is 6.38. The fraction of sp³-hybridized carbons (Fsp3) is 0.647. The average Bonchev–Trinajstić information content (AvgIpc) is 2.48. The molecule has 1 saturated heterocycles. The Morgan fingerprint density at radius 3 is 2.52 bits per heavy atom. The molecule has 0 spiro atoms. The largest absolute Gasteiger partial charge is 0.416 e. The molecule has 1 aliphatic rings. The Kier molecular flexibility index (Phi) is 6.44. The van der Waals surface area contributed by atoms with Gasteiger partial charge in [-0.25, -0.2) is 0 Å². The van der Waals surface area contributed by atoms with Crippen LogP contribution in [0.25, 0.3) is 0 Å². The fourth-order valence-corrected chi connectivity index (χ4v) is 3.11. The topological polar surface area (TPSA) is 35.5 Å². The summed E-state index contributed by atoms with van der Waals surface area (Å²) in [5.41, 5.74) is -0.259. The lowest BCUT2D eigenvalue weighted by Gasteiger charge is -2.32. The molecule has 0 aliphatic carbocycles. The van der Waals surface area contributed by atoms with E-state index in [1.807, 2.05) is 0 Å². The van der Waals surface area contributed by atoms with Crippen molar-refractivity contribution in [2.45, 2.75) is 38.6 Å². The van der Waals surface area contributed by atoms with Crippen LogP contribution in [0.4, 0.5) is 13.2 Å². The standard InChI is InChI=1S/C17H25F3N2O/c1-13(23)12-22-8-6-14(7-9-22)10-21-11-15-4-2-3-5-16(15)17(18,19)20/h2-5,13-14,21,23H,6-12H2,1H3/t13-/m0/s1. The van der Waals surface area contributed by atoms with Crippen molar-refractivity contribution < 1.29 is 18.3 Å². The van der Waals surface area contributed by atoms with Crippen molar-refractivity contribution >= 4 is 0 Å². The van der Waals surface area contributed by atoms with Crippen molar-refractivity contribution in [3.05, 3.63) is 35.4 Å². The van der Waals surface area contributed by atoms with E-state index in [2.05, 4.69) is 10.2 Å². The van der Waals surface area contributed by atoms with E-state index in [4.69, 9.17) is 0 Å². The lowest BCUT2D eigenvalue weighted by Crippen LogP contribution is -2.40. The highest BCUT2D eigenvalue weighted by Gasteiger charge is 2.32. The summed E-state index contributed by atoms with van der Waals surface area (Å²) < 4.78 is 38.8. The van der Waals surface area contributed by atoms with Crippen molar-refractivity contribution in [2.24, 2.45) is 5.92 Å². The number of nitrogens with zero attached hydrogens (tertiary/aromatic N) is 1. The van der Waals surface area contributed by atoms with Gasteiger partial charge in [0.1, 0.15) is 0 Å². The van der Waals surface area contributed by atoms with E-state index in [1.54, 1.807) is 13.0 Å². The van der Waals surface area contributed by atoms with E-state index in [0.29, 0.717) is 18.0 Å². The number of β-amino-alcohol motifs (C(OH)–C–C–N with tert-alkyl or cyclic N) is 1. The number of aliphatic hydroxyl groups is 1. The Morgan fingerprint density at radius 1 is 1.26 bits per heavy atom. The minimum atomic E-state index is -4.30. The van der Waals surface area contributed by atoms with Crippen LogP contribution in [0.15, 0.2) is 24.3 Å². The molecule has 0 amide bonds. The first-order valence-electron chi connectivity index (χ1n) is 8.12. The second kappa shape index (κ2) is 8.13. The number of aliphatic hydroxyl groups excluding tert-OH is 1. The Bertz CT molecular complexity index is 483. The smallest absolute Gasteiger partial charge is 0.392 e. The van der Waals surface area contributed by atoms with Crippen LogP contribution >= 0.6 is 0 Å². The Hall–Kier alpha value is -1.11. The van der Waals surface area contributed by atoms with Gasteiger partial charge in [0.15, 0.2) is 0 Å².